The van der Waals surface area contributed by atoms with Gasteiger partial charge in [0.05, 0.1) is 25.8 Å². The average Bonchev–Trinajstić information content (AvgIpc) is 2.83. The number of fused-ring (bicyclic) bond motifs is 1. The molecule has 33 heavy (non-hydrogen) atoms. The third-order valence-electron chi connectivity index (χ3n) is 5.22. The number of carbonyl (C=O) groups excluding carboxylic acids is 2. The van der Waals surface area contributed by atoms with Gasteiger partial charge in [-0.15, -0.1) is 0 Å². The molecule has 174 valence electrons. The highest BCUT2D eigenvalue weighted by molar-refractivity contribution is 9.10. The van der Waals surface area contributed by atoms with E-state index < -0.39 is 17.9 Å². The molecule has 0 unspecified atom stereocenters. The topological polar surface area (TPSA) is 83.1 Å². The minimum Gasteiger partial charge on any atom is -0.497 e. The van der Waals surface area contributed by atoms with Crippen molar-refractivity contribution in [2.45, 2.75) is 19.4 Å². The van der Waals surface area contributed by atoms with Crippen molar-refractivity contribution in [1.29, 1.82) is 0 Å². The van der Waals surface area contributed by atoms with E-state index >= 15 is 0 Å². The molecule has 0 aliphatic carbocycles. The lowest BCUT2D eigenvalue weighted by Crippen LogP contribution is -2.44. The van der Waals surface area contributed by atoms with Gasteiger partial charge < -0.3 is 24.3 Å². The fourth-order valence-corrected chi connectivity index (χ4v) is 4.04. The van der Waals surface area contributed by atoms with E-state index in [1.807, 2.05) is 49.4 Å². The van der Waals surface area contributed by atoms with E-state index in [0.717, 1.165) is 32.1 Å². The zero-order chi connectivity index (χ0) is 24.0. The monoisotopic (exact) mass is 515 g/mol. The van der Waals surface area contributed by atoms with E-state index in [4.69, 9.17) is 18.9 Å². The van der Waals surface area contributed by atoms with Crippen molar-refractivity contribution in [2.24, 2.45) is 0 Å². The van der Waals surface area contributed by atoms with Crippen LogP contribution in [-0.2, 0) is 20.7 Å². The van der Waals surface area contributed by atoms with Crippen LogP contribution in [0.25, 0.3) is 10.8 Å². The summed E-state index contributed by atoms with van der Waals surface area (Å²) in [7, 11) is 4.49. The first kappa shape index (κ1) is 24.4. The summed E-state index contributed by atoms with van der Waals surface area (Å²) in [4.78, 5) is 24.8. The highest BCUT2D eigenvalue weighted by Gasteiger charge is 2.23. The van der Waals surface area contributed by atoms with Gasteiger partial charge in [0.2, 0.25) is 0 Å². The van der Waals surface area contributed by atoms with Gasteiger partial charge >= 0.3 is 5.97 Å². The number of rotatable bonds is 9. The molecule has 0 aromatic heterocycles. The molecule has 0 bridgehead atoms. The molecule has 1 atom stereocenters. The maximum Gasteiger partial charge on any atom is 0.328 e. The smallest absolute Gasteiger partial charge is 0.328 e. The molecule has 0 aliphatic rings. The normalized spacial score (nSPS) is 11.5. The van der Waals surface area contributed by atoms with Crippen molar-refractivity contribution in [3.8, 4) is 17.2 Å². The maximum absolute atomic E-state index is 12.6. The second kappa shape index (κ2) is 11.0. The molecule has 1 N–H and O–H groups in total. The molecule has 0 saturated heterocycles. The first-order valence-electron chi connectivity index (χ1n) is 10.3. The first-order chi connectivity index (χ1) is 15.9. The third-order valence-corrected chi connectivity index (χ3v) is 6.04. The minimum absolute atomic E-state index is 0.259. The Kier molecular flexibility index (Phi) is 8.16. The predicted octanol–water partition coefficient (Wildman–Crippen LogP) is 4.21. The highest BCUT2D eigenvalue weighted by atomic mass is 79.9. The van der Waals surface area contributed by atoms with Crippen molar-refractivity contribution in [3.63, 3.8) is 0 Å². The van der Waals surface area contributed by atoms with Gasteiger partial charge in [-0.05, 0) is 75.1 Å². The number of ether oxygens (including phenoxy) is 4. The Morgan fingerprint density at radius 2 is 1.76 bits per heavy atom. The summed E-state index contributed by atoms with van der Waals surface area (Å²) in [6.07, 6.45) is 0.260. The van der Waals surface area contributed by atoms with Crippen molar-refractivity contribution >= 4 is 38.6 Å². The van der Waals surface area contributed by atoms with Crippen LogP contribution in [0, 0.1) is 6.92 Å². The average molecular weight is 516 g/mol. The number of halogens is 1. The van der Waals surface area contributed by atoms with Gasteiger partial charge in [-0.1, -0.05) is 18.2 Å². The number of hydrogen-bond acceptors (Lipinski definition) is 6. The third kappa shape index (κ3) is 5.96. The molecule has 0 aliphatic heterocycles. The van der Waals surface area contributed by atoms with E-state index in [0.29, 0.717) is 11.5 Å². The Bertz CT molecular complexity index is 1160. The number of nitrogens with one attached hydrogen (secondary N) is 1. The molecule has 3 rings (SSSR count). The van der Waals surface area contributed by atoms with Crippen LogP contribution in [-0.4, -0.2) is 45.9 Å². The summed E-state index contributed by atoms with van der Waals surface area (Å²) in [5, 5.41) is 4.59. The molecule has 0 radical (unpaired) electrons. The molecule has 0 spiro atoms. The van der Waals surface area contributed by atoms with Crippen LogP contribution in [0.2, 0.25) is 0 Å². The molecule has 0 saturated carbocycles. The zero-order valence-electron chi connectivity index (χ0n) is 18.9. The quantitative estimate of drug-likeness (QED) is 0.430. The SMILES string of the molecule is COC(=O)[C@H](Cc1ccc(C)c(OC)c1)NC(=O)COc1ccc2cc(OC)ccc2c1Br. The predicted molar refractivity (Wildman–Crippen MR) is 129 cm³/mol. The summed E-state index contributed by atoms with van der Waals surface area (Å²) >= 11 is 3.54. The van der Waals surface area contributed by atoms with Crippen LogP contribution in [0.4, 0.5) is 0 Å². The second-order valence-corrected chi connectivity index (χ2v) is 8.20. The van der Waals surface area contributed by atoms with Crippen LogP contribution in [0.1, 0.15) is 11.1 Å². The Balaban J connectivity index is 1.68. The van der Waals surface area contributed by atoms with Crippen LogP contribution in [0.5, 0.6) is 17.2 Å². The molecule has 7 nitrogen and oxygen atoms in total. The molecule has 0 fully saturated rings. The summed E-state index contributed by atoms with van der Waals surface area (Å²) in [5.41, 5.74) is 1.81. The fourth-order valence-electron chi connectivity index (χ4n) is 3.43. The Hall–Kier alpha value is -3.26. The number of esters is 1. The number of methoxy groups -OCH3 is 3. The van der Waals surface area contributed by atoms with Crippen LogP contribution < -0.4 is 19.5 Å². The van der Waals surface area contributed by atoms with Gasteiger partial charge in [0.1, 0.15) is 23.3 Å². The van der Waals surface area contributed by atoms with Crippen molar-refractivity contribution in [1.82, 2.24) is 5.32 Å². The summed E-state index contributed by atoms with van der Waals surface area (Å²) in [6, 6.07) is 14.1. The van der Waals surface area contributed by atoms with Crippen LogP contribution >= 0.6 is 15.9 Å². The molecule has 3 aromatic carbocycles. The van der Waals surface area contributed by atoms with E-state index in [9.17, 15) is 9.59 Å². The number of benzene rings is 3. The minimum atomic E-state index is -0.856. The van der Waals surface area contributed by atoms with Gasteiger partial charge in [-0.25, -0.2) is 4.79 Å². The van der Waals surface area contributed by atoms with Gasteiger partial charge in [0.15, 0.2) is 6.61 Å². The second-order valence-electron chi connectivity index (χ2n) is 7.40. The highest BCUT2D eigenvalue weighted by Crippen LogP contribution is 2.34. The summed E-state index contributed by atoms with van der Waals surface area (Å²) < 4.78 is 21.9. The standard InChI is InChI=1S/C25H26BrNO6/c1-15-5-6-16(12-22(15)31-3)11-20(25(29)32-4)27-23(28)14-33-21-10-7-17-13-18(30-2)8-9-19(17)24(21)26/h5-10,12-13,20H,11,14H2,1-4H3,(H,27,28)/t20-/m0/s1. The van der Waals surface area contributed by atoms with E-state index in [1.165, 1.54) is 7.11 Å². The Morgan fingerprint density at radius 3 is 2.45 bits per heavy atom. The van der Waals surface area contributed by atoms with Gasteiger partial charge in [0.25, 0.3) is 5.91 Å². The largest absolute Gasteiger partial charge is 0.497 e. The summed E-state index contributed by atoms with van der Waals surface area (Å²) in [5.74, 6) is 1.00. The molecule has 1 amide bonds. The molecule has 8 heteroatoms. The first-order valence-corrected chi connectivity index (χ1v) is 11.0. The van der Waals surface area contributed by atoms with Gasteiger partial charge in [-0.3, -0.25) is 4.79 Å². The number of amides is 1. The lowest BCUT2D eigenvalue weighted by Gasteiger charge is -2.18. The van der Waals surface area contributed by atoms with Gasteiger partial charge in [0, 0.05) is 6.42 Å². The molecule has 0 heterocycles. The van der Waals surface area contributed by atoms with Crippen LogP contribution in [0.15, 0.2) is 53.0 Å². The van der Waals surface area contributed by atoms with Crippen molar-refractivity contribution in [3.05, 3.63) is 64.1 Å². The number of carbonyl (C=O) groups is 2. The molecule has 3 aromatic rings. The lowest BCUT2D eigenvalue weighted by atomic mass is 10.0. The summed E-state index contributed by atoms with van der Waals surface area (Å²) in [6.45, 7) is 1.67. The van der Waals surface area contributed by atoms with E-state index in [1.54, 1.807) is 20.3 Å². The van der Waals surface area contributed by atoms with Crippen molar-refractivity contribution in [2.75, 3.05) is 27.9 Å². The zero-order valence-corrected chi connectivity index (χ0v) is 20.5. The van der Waals surface area contributed by atoms with Gasteiger partial charge in [-0.2, -0.15) is 0 Å². The van der Waals surface area contributed by atoms with E-state index in [2.05, 4.69) is 21.2 Å². The molecular weight excluding hydrogens is 490 g/mol. The Labute approximate surface area is 201 Å². The number of aryl methyl sites for hydroxylation is 1. The lowest BCUT2D eigenvalue weighted by molar-refractivity contribution is -0.145. The van der Waals surface area contributed by atoms with Crippen molar-refractivity contribution < 1.29 is 28.5 Å². The fraction of sp³-hybridized carbons (Fsp3) is 0.280. The Morgan fingerprint density at radius 1 is 0.970 bits per heavy atom. The molecular formula is C25H26BrNO6. The number of hydrogen-bond donors (Lipinski definition) is 1. The maximum atomic E-state index is 12.6. The van der Waals surface area contributed by atoms with E-state index in [-0.39, 0.29) is 13.0 Å². The van der Waals surface area contributed by atoms with Crippen LogP contribution in [0.3, 0.4) is 0 Å².